The van der Waals surface area contributed by atoms with Crippen molar-refractivity contribution in [1.82, 2.24) is 5.32 Å². The van der Waals surface area contributed by atoms with E-state index in [1.165, 1.54) is 12.7 Å². The lowest BCUT2D eigenvalue weighted by Crippen LogP contribution is -2.52. The van der Waals surface area contributed by atoms with Crippen LogP contribution in [0.1, 0.15) is 46.6 Å². The van der Waals surface area contributed by atoms with Gasteiger partial charge in [0.05, 0.1) is 7.11 Å². The number of ether oxygens (including phenoxy) is 1. The van der Waals surface area contributed by atoms with Gasteiger partial charge in [-0.2, -0.15) is 0 Å². The molecule has 0 radical (unpaired) electrons. The number of carbonyl (C=O) groups is 1. The highest BCUT2D eigenvalue weighted by molar-refractivity contribution is 5.79. The zero-order chi connectivity index (χ0) is 15.4. The van der Waals surface area contributed by atoms with Gasteiger partial charge in [-0.25, -0.2) is 0 Å². The van der Waals surface area contributed by atoms with Crippen molar-refractivity contribution in [3.8, 4) is 0 Å². The van der Waals surface area contributed by atoms with E-state index < -0.39 is 5.54 Å². The standard InChI is InChI=1S/C17H27NO2/c1-13(18-17(4,5)15(19)20-6)12-16(2,3)14-10-8-7-9-11-14/h7-11,13,18H,12H2,1-6H3. The summed E-state index contributed by atoms with van der Waals surface area (Å²) in [4.78, 5) is 11.7. The summed E-state index contributed by atoms with van der Waals surface area (Å²) in [5.41, 5.74) is 0.699. The Hall–Kier alpha value is -1.35. The number of carbonyl (C=O) groups excluding carboxylic acids is 1. The average molecular weight is 277 g/mol. The minimum absolute atomic E-state index is 0.0554. The van der Waals surface area contributed by atoms with E-state index in [0.29, 0.717) is 0 Å². The molecule has 0 aliphatic rings. The van der Waals surface area contributed by atoms with Gasteiger partial charge in [0.25, 0.3) is 0 Å². The van der Waals surface area contributed by atoms with Crippen LogP contribution in [0.25, 0.3) is 0 Å². The predicted molar refractivity (Wildman–Crippen MR) is 82.8 cm³/mol. The first-order valence-corrected chi connectivity index (χ1v) is 7.11. The molecule has 1 N–H and O–H groups in total. The van der Waals surface area contributed by atoms with Crippen molar-refractivity contribution in [3.05, 3.63) is 35.9 Å². The second-order valence-electron chi connectivity index (χ2n) is 6.62. The second kappa shape index (κ2) is 6.40. The lowest BCUT2D eigenvalue weighted by molar-refractivity contribution is -0.147. The molecule has 0 saturated carbocycles. The van der Waals surface area contributed by atoms with Crippen molar-refractivity contribution in [3.63, 3.8) is 0 Å². The molecule has 1 aromatic rings. The van der Waals surface area contributed by atoms with Crippen molar-refractivity contribution in [2.45, 2.75) is 58.0 Å². The van der Waals surface area contributed by atoms with Gasteiger partial charge in [-0.05, 0) is 38.2 Å². The van der Waals surface area contributed by atoms with Crippen molar-refractivity contribution in [1.29, 1.82) is 0 Å². The first kappa shape index (κ1) is 16.7. The quantitative estimate of drug-likeness (QED) is 0.811. The molecule has 0 aliphatic carbocycles. The topological polar surface area (TPSA) is 38.3 Å². The molecule has 0 spiro atoms. The van der Waals surface area contributed by atoms with Gasteiger partial charge in [-0.15, -0.1) is 0 Å². The Balaban J connectivity index is 2.71. The molecule has 0 aliphatic heterocycles. The normalized spacial score (nSPS) is 13.9. The number of rotatable bonds is 6. The monoisotopic (exact) mass is 277 g/mol. The first-order chi connectivity index (χ1) is 9.19. The Bertz CT molecular complexity index is 438. The number of hydrogen-bond acceptors (Lipinski definition) is 3. The third-order valence-electron chi connectivity index (χ3n) is 3.67. The van der Waals surface area contributed by atoms with Gasteiger partial charge >= 0.3 is 5.97 Å². The van der Waals surface area contributed by atoms with Crippen LogP contribution in [0.15, 0.2) is 30.3 Å². The summed E-state index contributed by atoms with van der Waals surface area (Å²) in [5, 5.41) is 3.36. The fraction of sp³-hybridized carbons (Fsp3) is 0.588. The Morgan fingerprint density at radius 2 is 1.75 bits per heavy atom. The summed E-state index contributed by atoms with van der Waals surface area (Å²) in [5.74, 6) is -0.234. The molecule has 3 heteroatoms. The van der Waals surface area contributed by atoms with Gasteiger partial charge < -0.3 is 4.74 Å². The van der Waals surface area contributed by atoms with Gasteiger partial charge in [-0.1, -0.05) is 44.2 Å². The van der Waals surface area contributed by atoms with Crippen molar-refractivity contribution in [2.75, 3.05) is 7.11 Å². The Labute approximate surface area is 122 Å². The van der Waals surface area contributed by atoms with E-state index in [1.54, 1.807) is 0 Å². The maximum Gasteiger partial charge on any atom is 0.325 e. The summed E-state index contributed by atoms with van der Waals surface area (Å²) < 4.78 is 4.83. The fourth-order valence-corrected chi connectivity index (χ4v) is 2.75. The molecular weight excluding hydrogens is 250 g/mol. The molecule has 1 unspecified atom stereocenters. The van der Waals surface area contributed by atoms with E-state index in [0.717, 1.165) is 6.42 Å². The summed E-state index contributed by atoms with van der Waals surface area (Å²) >= 11 is 0. The van der Waals surface area contributed by atoms with Gasteiger partial charge in [0.15, 0.2) is 0 Å². The molecule has 1 atom stereocenters. The second-order valence-corrected chi connectivity index (χ2v) is 6.62. The maximum absolute atomic E-state index is 11.7. The average Bonchev–Trinajstić information content (AvgIpc) is 2.37. The van der Waals surface area contributed by atoms with Crippen molar-refractivity contribution >= 4 is 5.97 Å². The molecule has 0 fully saturated rings. The molecule has 1 rings (SSSR count). The molecule has 0 bridgehead atoms. The fourth-order valence-electron chi connectivity index (χ4n) is 2.75. The maximum atomic E-state index is 11.7. The lowest BCUT2D eigenvalue weighted by Gasteiger charge is -2.33. The van der Waals surface area contributed by atoms with Crippen LogP contribution in [0.3, 0.4) is 0 Å². The smallest absolute Gasteiger partial charge is 0.325 e. The van der Waals surface area contributed by atoms with E-state index in [9.17, 15) is 4.79 Å². The summed E-state index contributed by atoms with van der Waals surface area (Å²) in [7, 11) is 1.42. The summed E-state index contributed by atoms with van der Waals surface area (Å²) in [6.07, 6.45) is 0.942. The van der Waals surface area contributed by atoms with Crippen LogP contribution in [0.5, 0.6) is 0 Å². The van der Waals surface area contributed by atoms with Gasteiger partial charge in [0.1, 0.15) is 5.54 Å². The number of esters is 1. The molecule has 0 amide bonds. The third-order valence-corrected chi connectivity index (χ3v) is 3.67. The van der Waals surface area contributed by atoms with Crippen LogP contribution < -0.4 is 5.32 Å². The molecule has 0 heterocycles. The van der Waals surface area contributed by atoms with Gasteiger partial charge in [0.2, 0.25) is 0 Å². The van der Waals surface area contributed by atoms with Crippen molar-refractivity contribution in [2.24, 2.45) is 0 Å². The van der Waals surface area contributed by atoms with E-state index in [-0.39, 0.29) is 17.4 Å². The van der Waals surface area contributed by atoms with Gasteiger partial charge in [0, 0.05) is 6.04 Å². The Morgan fingerprint density at radius 3 is 2.25 bits per heavy atom. The molecular formula is C17H27NO2. The van der Waals surface area contributed by atoms with E-state index >= 15 is 0 Å². The molecule has 20 heavy (non-hydrogen) atoms. The third kappa shape index (κ3) is 4.34. The van der Waals surface area contributed by atoms with Crippen LogP contribution in [0.2, 0.25) is 0 Å². The van der Waals surface area contributed by atoms with Gasteiger partial charge in [-0.3, -0.25) is 10.1 Å². The van der Waals surface area contributed by atoms with Crippen LogP contribution >= 0.6 is 0 Å². The minimum atomic E-state index is -0.666. The lowest BCUT2D eigenvalue weighted by atomic mass is 9.79. The number of benzene rings is 1. The zero-order valence-corrected chi connectivity index (χ0v) is 13.5. The SMILES string of the molecule is COC(=O)C(C)(C)NC(C)CC(C)(C)c1ccccc1. The first-order valence-electron chi connectivity index (χ1n) is 7.11. The molecule has 0 saturated heterocycles. The Kier molecular flexibility index (Phi) is 5.35. The Morgan fingerprint density at radius 1 is 1.20 bits per heavy atom. The van der Waals surface area contributed by atoms with Crippen LogP contribution in [-0.2, 0) is 14.9 Å². The summed E-state index contributed by atoms with van der Waals surface area (Å²) in [6.45, 7) is 10.3. The highest BCUT2D eigenvalue weighted by Gasteiger charge is 2.32. The summed E-state index contributed by atoms with van der Waals surface area (Å²) in [6, 6.07) is 10.7. The van der Waals surface area contributed by atoms with Crippen LogP contribution in [0, 0.1) is 0 Å². The van der Waals surface area contributed by atoms with E-state index in [2.05, 4.69) is 50.4 Å². The number of nitrogens with one attached hydrogen (secondary N) is 1. The molecule has 3 nitrogen and oxygen atoms in total. The molecule has 0 aromatic heterocycles. The minimum Gasteiger partial charge on any atom is -0.468 e. The highest BCUT2D eigenvalue weighted by atomic mass is 16.5. The zero-order valence-electron chi connectivity index (χ0n) is 13.5. The van der Waals surface area contributed by atoms with Crippen molar-refractivity contribution < 1.29 is 9.53 Å². The predicted octanol–water partition coefficient (Wildman–Crippen LogP) is 3.28. The van der Waals surface area contributed by atoms with E-state index in [1.807, 2.05) is 19.9 Å². The highest BCUT2D eigenvalue weighted by Crippen LogP contribution is 2.28. The number of hydrogen-bond donors (Lipinski definition) is 1. The van der Waals surface area contributed by atoms with Crippen LogP contribution in [-0.4, -0.2) is 24.7 Å². The van der Waals surface area contributed by atoms with Crippen LogP contribution in [0.4, 0.5) is 0 Å². The molecule has 1 aromatic carbocycles. The molecule has 112 valence electrons. The largest absolute Gasteiger partial charge is 0.468 e. The van der Waals surface area contributed by atoms with E-state index in [4.69, 9.17) is 4.74 Å². The number of methoxy groups -OCH3 is 1.